The maximum absolute atomic E-state index is 3.74. The molecule has 0 rings (SSSR count). The van der Waals surface area contributed by atoms with Crippen molar-refractivity contribution in [3.63, 3.8) is 0 Å². The van der Waals surface area contributed by atoms with E-state index < -0.39 is 0 Å². The molecule has 1 N–H and O–H groups in total. The first-order valence-corrected chi connectivity index (χ1v) is 3.77. The summed E-state index contributed by atoms with van der Waals surface area (Å²) in [5.74, 6) is 0. The zero-order chi connectivity index (χ0) is 8.57. The summed E-state index contributed by atoms with van der Waals surface area (Å²) < 4.78 is 0. The fraction of sp³-hybridized carbons (Fsp3) is 0.556. The molecule has 0 aliphatic rings. The van der Waals surface area contributed by atoms with E-state index >= 15 is 0 Å². The van der Waals surface area contributed by atoms with E-state index in [0.717, 1.165) is 17.8 Å². The van der Waals surface area contributed by atoms with Crippen molar-refractivity contribution in [1.29, 1.82) is 0 Å². The quantitative estimate of drug-likeness (QED) is 0.637. The standard InChI is InChI=1S/C7H13N.C2H6/c1-5-7(4)8-6(2)3;1-2/h8H,2,4-5H2,1,3H3;1-2H3. The molecule has 0 atom stereocenters. The van der Waals surface area contributed by atoms with Crippen LogP contribution in [0, 0.1) is 0 Å². The topological polar surface area (TPSA) is 12.0 Å². The Morgan fingerprint density at radius 3 is 1.80 bits per heavy atom. The number of rotatable bonds is 3. The van der Waals surface area contributed by atoms with E-state index in [9.17, 15) is 0 Å². The van der Waals surface area contributed by atoms with Gasteiger partial charge in [0.15, 0.2) is 0 Å². The fourth-order valence-corrected chi connectivity index (χ4v) is 0.390. The summed E-state index contributed by atoms with van der Waals surface area (Å²) in [6.07, 6.45) is 0.965. The molecule has 0 radical (unpaired) electrons. The van der Waals surface area contributed by atoms with Crippen molar-refractivity contribution in [2.45, 2.75) is 34.1 Å². The third-order valence-electron chi connectivity index (χ3n) is 0.817. The number of hydrogen-bond acceptors (Lipinski definition) is 1. The molecule has 0 aliphatic carbocycles. The van der Waals surface area contributed by atoms with Crippen LogP contribution >= 0.6 is 0 Å². The van der Waals surface area contributed by atoms with E-state index in [2.05, 4.69) is 25.4 Å². The van der Waals surface area contributed by atoms with Crippen LogP contribution < -0.4 is 5.32 Å². The van der Waals surface area contributed by atoms with Gasteiger partial charge in [-0.2, -0.15) is 0 Å². The Morgan fingerprint density at radius 1 is 1.30 bits per heavy atom. The maximum Gasteiger partial charge on any atom is 0.00726 e. The fourth-order valence-electron chi connectivity index (χ4n) is 0.390. The van der Waals surface area contributed by atoms with E-state index in [0.29, 0.717) is 0 Å². The first-order valence-electron chi connectivity index (χ1n) is 3.77. The van der Waals surface area contributed by atoms with Crippen LogP contribution in [-0.4, -0.2) is 0 Å². The summed E-state index contributed by atoms with van der Waals surface area (Å²) >= 11 is 0. The average molecular weight is 141 g/mol. The second kappa shape index (κ2) is 8.28. The lowest BCUT2D eigenvalue weighted by Gasteiger charge is -2.03. The van der Waals surface area contributed by atoms with Crippen LogP contribution in [0.2, 0.25) is 0 Å². The van der Waals surface area contributed by atoms with E-state index in [-0.39, 0.29) is 0 Å². The van der Waals surface area contributed by atoms with Crippen molar-refractivity contribution in [2.75, 3.05) is 0 Å². The highest BCUT2D eigenvalue weighted by Crippen LogP contribution is 1.92. The van der Waals surface area contributed by atoms with Crippen LogP contribution in [0.1, 0.15) is 34.1 Å². The lowest BCUT2D eigenvalue weighted by atomic mass is 10.3. The van der Waals surface area contributed by atoms with E-state index in [4.69, 9.17) is 0 Å². The summed E-state index contributed by atoms with van der Waals surface area (Å²) in [5.41, 5.74) is 1.98. The Bertz CT molecular complexity index is 103. The molecule has 0 heterocycles. The third kappa shape index (κ3) is 10.3. The van der Waals surface area contributed by atoms with Gasteiger partial charge in [-0.05, 0) is 13.3 Å². The van der Waals surface area contributed by atoms with Crippen molar-refractivity contribution in [1.82, 2.24) is 5.32 Å². The van der Waals surface area contributed by atoms with Crippen LogP contribution in [0.15, 0.2) is 24.6 Å². The summed E-state index contributed by atoms with van der Waals surface area (Å²) in [7, 11) is 0. The normalized spacial score (nSPS) is 7.20. The van der Waals surface area contributed by atoms with Crippen molar-refractivity contribution in [3.8, 4) is 0 Å². The lowest BCUT2D eigenvalue weighted by Crippen LogP contribution is -2.06. The minimum Gasteiger partial charge on any atom is -0.364 e. The van der Waals surface area contributed by atoms with Crippen LogP contribution in [0.25, 0.3) is 0 Å². The molecule has 0 bridgehead atoms. The van der Waals surface area contributed by atoms with Gasteiger partial charge in [0, 0.05) is 11.4 Å². The Kier molecular flexibility index (Phi) is 9.94. The van der Waals surface area contributed by atoms with Gasteiger partial charge in [0.2, 0.25) is 0 Å². The predicted molar refractivity (Wildman–Crippen MR) is 48.7 cm³/mol. The SMILES string of the molecule is C=C(C)NC(=C)CC.CC. The van der Waals surface area contributed by atoms with Crippen LogP contribution in [-0.2, 0) is 0 Å². The molecule has 0 aromatic rings. The predicted octanol–water partition coefficient (Wildman–Crippen LogP) is 3.06. The van der Waals surface area contributed by atoms with Crippen molar-refractivity contribution >= 4 is 0 Å². The molecule has 1 heteroatoms. The third-order valence-corrected chi connectivity index (χ3v) is 0.817. The highest BCUT2D eigenvalue weighted by Gasteiger charge is 1.84. The zero-order valence-electron chi connectivity index (χ0n) is 7.62. The van der Waals surface area contributed by atoms with Gasteiger partial charge in [0.05, 0.1) is 0 Å². The van der Waals surface area contributed by atoms with Crippen molar-refractivity contribution < 1.29 is 0 Å². The number of allylic oxidation sites excluding steroid dienone is 2. The number of nitrogens with one attached hydrogen (secondary N) is 1. The Labute approximate surface area is 64.8 Å². The van der Waals surface area contributed by atoms with Gasteiger partial charge in [-0.1, -0.05) is 33.9 Å². The second-order valence-electron chi connectivity index (χ2n) is 1.86. The molecular formula is C9H19N. The van der Waals surface area contributed by atoms with Gasteiger partial charge in [-0.3, -0.25) is 0 Å². The van der Waals surface area contributed by atoms with Gasteiger partial charge in [-0.25, -0.2) is 0 Å². The summed E-state index contributed by atoms with van der Waals surface area (Å²) in [4.78, 5) is 0. The van der Waals surface area contributed by atoms with Crippen molar-refractivity contribution in [2.24, 2.45) is 0 Å². The molecule has 60 valence electrons. The monoisotopic (exact) mass is 141 g/mol. The minimum absolute atomic E-state index is 0.955. The van der Waals surface area contributed by atoms with Crippen molar-refractivity contribution in [3.05, 3.63) is 24.6 Å². The summed E-state index contributed by atoms with van der Waals surface area (Å²) in [6.45, 7) is 15.4. The molecule has 10 heavy (non-hydrogen) atoms. The molecule has 0 unspecified atom stereocenters. The molecule has 0 amide bonds. The molecular weight excluding hydrogens is 122 g/mol. The van der Waals surface area contributed by atoms with E-state index in [1.54, 1.807) is 0 Å². The largest absolute Gasteiger partial charge is 0.364 e. The Morgan fingerprint density at radius 2 is 1.70 bits per heavy atom. The highest BCUT2D eigenvalue weighted by molar-refractivity contribution is 5.00. The second-order valence-corrected chi connectivity index (χ2v) is 1.86. The molecule has 0 aromatic heterocycles. The molecule has 0 fully saturated rings. The van der Waals surface area contributed by atoms with Crippen LogP contribution in [0.3, 0.4) is 0 Å². The van der Waals surface area contributed by atoms with Gasteiger partial charge in [-0.15, -0.1) is 0 Å². The molecule has 1 nitrogen and oxygen atoms in total. The Balaban J connectivity index is 0. The van der Waals surface area contributed by atoms with Gasteiger partial charge in [0.25, 0.3) is 0 Å². The molecule has 0 saturated carbocycles. The minimum atomic E-state index is 0.955. The smallest absolute Gasteiger partial charge is 0.00726 e. The van der Waals surface area contributed by atoms with E-state index in [1.165, 1.54) is 0 Å². The van der Waals surface area contributed by atoms with Crippen LogP contribution in [0.4, 0.5) is 0 Å². The maximum atomic E-state index is 3.74. The first kappa shape index (κ1) is 12.0. The zero-order valence-corrected chi connectivity index (χ0v) is 7.62. The lowest BCUT2D eigenvalue weighted by molar-refractivity contribution is 0.902. The molecule has 0 aromatic carbocycles. The molecule has 0 saturated heterocycles. The number of hydrogen-bond donors (Lipinski definition) is 1. The highest BCUT2D eigenvalue weighted by atomic mass is 14.9. The molecule has 0 aliphatic heterocycles. The van der Waals surface area contributed by atoms with Gasteiger partial charge >= 0.3 is 0 Å². The molecule has 0 spiro atoms. The first-order chi connectivity index (χ1) is 4.66. The van der Waals surface area contributed by atoms with Gasteiger partial charge < -0.3 is 5.32 Å². The summed E-state index contributed by atoms with van der Waals surface area (Å²) in [6, 6.07) is 0. The van der Waals surface area contributed by atoms with Crippen LogP contribution in [0.5, 0.6) is 0 Å². The average Bonchev–Trinajstić information content (AvgIpc) is 1.91. The van der Waals surface area contributed by atoms with E-state index in [1.807, 2.05) is 20.8 Å². The summed E-state index contributed by atoms with van der Waals surface area (Å²) in [5, 5.41) is 3.00. The Hall–Kier alpha value is -0.720. The van der Waals surface area contributed by atoms with Gasteiger partial charge in [0.1, 0.15) is 0 Å².